The molecule has 0 aromatic carbocycles. The molecule has 1 aliphatic carbocycles. The van der Waals surface area contributed by atoms with E-state index in [1.807, 2.05) is 0 Å². The molecule has 0 saturated heterocycles. The minimum atomic E-state index is -3.47. The molecule has 5 nitrogen and oxygen atoms in total. The Morgan fingerprint density at radius 3 is 2.18 bits per heavy atom. The SMILES string of the molecule is CC(C)(C(=O)NC1(CO)CCCC1)S(C)(=O)=O. The van der Waals surface area contributed by atoms with E-state index in [9.17, 15) is 18.3 Å². The zero-order valence-electron chi connectivity index (χ0n) is 10.6. The second-order valence-corrected chi connectivity index (χ2v) is 7.95. The lowest BCUT2D eigenvalue weighted by Gasteiger charge is -2.32. The molecule has 0 atom stereocenters. The van der Waals surface area contributed by atoms with Gasteiger partial charge in [0.05, 0.1) is 12.1 Å². The van der Waals surface area contributed by atoms with Crippen LogP contribution in [0.4, 0.5) is 0 Å². The molecule has 0 aliphatic heterocycles. The summed E-state index contributed by atoms with van der Waals surface area (Å²) in [7, 11) is -3.47. The van der Waals surface area contributed by atoms with Crippen LogP contribution in [0.1, 0.15) is 39.5 Å². The molecule has 0 unspecified atom stereocenters. The molecule has 17 heavy (non-hydrogen) atoms. The number of rotatable bonds is 4. The molecule has 1 aliphatic rings. The van der Waals surface area contributed by atoms with E-state index in [-0.39, 0.29) is 6.61 Å². The molecule has 0 aromatic rings. The van der Waals surface area contributed by atoms with E-state index in [0.717, 1.165) is 19.1 Å². The summed E-state index contributed by atoms with van der Waals surface area (Å²) >= 11 is 0. The van der Waals surface area contributed by atoms with Gasteiger partial charge in [0.1, 0.15) is 4.75 Å². The molecule has 0 radical (unpaired) electrons. The molecule has 1 saturated carbocycles. The van der Waals surface area contributed by atoms with Crippen LogP contribution in [0.25, 0.3) is 0 Å². The van der Waals surface area contributed by atoms with E-state index >= 15 is 0 Å². The summed E-state index contributed by atoms with van der Waals surface area (Å²) in [5.41, 5.74) is -0.626. The van der Waals surface area contributed by atoms with Gasteiger partial charge < -0.3 is 10.4 Å². The van der Waals surface area contributed by atoms with Crippen molar-refractivity contribution in [2.24, 2.45) is 0 Å². The molecule has 1 rings (SSSR count). The number of hydrogen-bond acceptors (Lipinski definition) is 4. The van der Waals surface area contributed by atoms with Crippen molar-refractivity contribution in [3.8, 4) is 0 Å². The number of carbonyl (C=O) groups excluding carboxylic acids is 1. The smallest absolute Gasteiger partial charge is 0.241 e. The monoisotopic (exact) mass is 263 g/mol. The van der Waals surface area contributed by atoms with Crippen LogP contribution in [0.5, 0.6) is 0 Å². The van der Waals surface area contributed by atoms with Gasteiger partial charge in [0.25, 0.3) is 0 Å². The number of carbonyl (C=O) groups is 1. The lowest BCUT2D eigenvalue weighted by atomic mass is 9.97. The number of aliphatic hydroxyl groups is 1. The number of nitrogens with one attached hydrogen (secondary N) is 1. The van der Waals surface area contributed by atoms with Crippen LogP contribution in [0.15, 0.2) is 0 Å². The highest BCUT2D eigenvalue weighted by molar-refractivity contribution is 7.92. The van der Waals surface area contributed by atoms with Crippen molar-refractivity contribution in [3.63, 3.8) is 0 Å². The number of aliphatic hydroxyl groups excluding tert-OH is 1. The molecule has 2 N–H and O–H groups in total. The minimum absolute atomic E-state index is 0.140. The molecule has 100 valence electrons. The largest absolute Gasteiger partial charge is 0.394 e. The Morgan fingerprint density at radius 2 is 1.82 bits per heavy atom. The van der Waals surface area contributed by atoms with Gasteiger partial charge >= 0.3 is 0 Å². The highest BCUT2D eigenvalue weighted by Crippen LogP contribution is 2.30. The Balaban J connectivity index is 2.85. The highest BCUT2D eigenvalue weighted by Gasteiger charge is 2.43. The predicted octanol–water partition coefficient (Wildman–Crippen LogP) is 0.231. The summed E-state index contributed by atoms with van der Waals surface area (Å²) in [4.78, 5) is 12.0. The molecular weight excluding hydrogens is 242 g/mol. The fourth-order valence-electron chi connectivity index (χ4n) is 1.93. The summed E-state index contributed by atoms with van der Waals surface area (Å²) in [5, 5.41) is 12.1. The molecule has 0 aromatic heterocycles. The van der Waals surface area contributed by atoms with Gasteiger partial charge in [0.15, 0.2) is 9.84 Å². The minimum Gasteiger partial charge on any atom is -0.394 e. The first kappa shape index (κ1) is 14.4. The van der Waals surface area contributed by atoms with E-state index in [1.54, 1.807) is 0 Å². The van der Waals surface area contributed by atoms with E-state index < -0.39 is 26.0 Å². The summed E-state index contributed by atoms with van der Waals surface area (Å²) in [6.07, 6.45) is 4.34. The van der Waals surface area contributed by atoms with Crippen molar-refractivity contribution in [2.45, 2.75) is 49.8 Å². The first-order valence-corrected chi connectivity index (χ1v) is 7.67. The lowest BCUT2D eigenvalue weighted by Crippen LogP contribution is -2.57. The first-order chi connectivity index (χ1) is 7.65. The molecular formula is C11H21NO4S. The molecule has 0 bridgehead atoms. The van der Waals surface area contributed by atoms with Crippen molar-refractivity contribution in [1.82, 2.24) is 5.32 Å². The summed E-state index contributed by atoms with van der Waals surface area (Å²) < 4.78 is 21.6. The van der Waals surface area contributed by atoms with E-state index in [1.165, 1.54) is 13.8 Å². The normalized spacial score (nSPS) is 20.2. The van der Waals surface area contributed by atoms with Gasteiger partial charge in [-0.3, -0.25) is 4.79 Å². The van der Waals surface area contributed by atoms with E-state index in [2.05, 4.69) is 5.32 Å². The average molecular weight is 263 g/mol. The van der Waals surface area contributed by atoms with Crippen LogP contribution in [-0.2, 0) is 14.6 Å². The van der Waals surface area contributed by atoms with Gasteiger partial charge in [0, 0.05) is 6.26 Å². The summed E-state index contributed by atoms with van der Waals surface area (Å²) in [5.74, 6) is -0.532. The Bertz CT molecular complexity index is 394. The van der Waals surface area contributed by atoms with Crippen LogP contribution < -0.4 is 5.32 Å². The Kier molecular flexibility index (Phi) is 3.88. The topological polar surface area (TPSA) is 83.5 Å². The maximum absolute atomic E-state index is 12.0. The van der Waals surface area contributed by atoms with Crippen molar-refractivity contribution < 1.29 is 18.3 Å². The third kappa shape index (κ3) is 2.80. The third-order valence-corrected chi connectivity index (χ3v) is 5.76. The van der Waals surface area contributed by atoms with Crippen LogP contribution in [-0.4, -0.2) is 42.6 Å². The standard InChI is InChI=1S/C11H21NO4S/c1-10(2,17(3,15)16)9(14)12-11(8-13)6-4-5-7-11/h13H,4-8H2,1-3H3,(H,12,14). The van der Waals surface area contributed by atoms with Crippen LogP contribution in [0, 0.1) is 0 Å². The number of amides is 1. The van der Waals surface area contributed by atoms with Gasteiger partial charge in [-0.15, -0.1) is 0 Å². The Morgan fingerprint density at radius 1 is 1.35 bits per heavy atom. The molecule has 6 heteroatoms. The zero-order valence-corrected chi connectivity index (χ0v) is 11.4. The number of hydrogen-bond donors (Lipinski definition) is 2. The maximum Gasteiger partial charge on any atom is 0.241 e. The first-order valence-electron chi connectivity index (χ1n) is 5.78. The van der Waals surface area contributed by atoms with Gasteiger partial charge in [-0.25, -0.2) is 8.42 Å². The van der Waals surface area contributed by atoms with Crippen LogP contribution in [0.3, 0.4) is 0 Å². The fraction of sp³-hybridized carbons (Fsp3) is 0.909. The third-order valence-electron chi connectivity index (χ3n) is 3.72. The maximum atomic E-state index is 12.0. The van der Waals surface area contributed by atoms with Crippen molar-refractivity contribution >= 4 is 15.7 Å². The summed E-state index contributed by atoms with van der Waals surface area (Å²) in [6.45, 7) is 2.63. The molecule has 1 amide bonds. The molecule has 0 spiro atoms. The van der Waals surface area contributed by atoms with Crippen molar-refractivity contribution in [1.29, 1.82) is 0 Å². The van der Waals surface area contributed by atoms with Gasteiger partial charge in [0.2, 0.25) is 5.91 Å². The van der Waals surface area contributed by atoms with Crippen LogP contribution in [0.2, 0.25) is 0 Å². The Hall–Kier alpha value is -0.620. The summed E-state index contributed by atoms with van der Waals surface area (Å²) in [6, 6.07) is 0. The molecule has 1 fully saturated rings. The van der Waals surface area contributed by atoms with Crippen LogP contribution >= 0.6 is 0 Å². The van der Waals surface area contributed by atoms with Crippen molar-refractivity contribution in [2.75, 3.05) is 12.9 Å². The fourth-order valence-corrected chi connectivity index (χ4v) is 2.32. The van der Waals surface area contributed by atoms with Gasteiger partial charge in [-0.2, -0.15) is 0 Å². The quantitative estimate of drug-likeness (QED) is 0.760. The van der Waals surface area contributed by atoms with E-state index in [0.29, 0.717) is 12.8 Å². The highest BCUT2D eigenvalue weighted by atomic mass is 32.2. The van der Waals surface area contributed by atoms with Crippen molar-refractivity contribution in [3.05, 3.63) is 0 Å². The van der Waals surface area contributed by atoms with E-state index in [4.69, 9.17) is 0 Å². The lowest BCUT2D eigenvalue weighted by molar-refractivity contribution is -0.125. The average Bonchev–Trinajstić information content (AvgIpc) is 2.65. The molecule has 0 heterocycles. The Labute approximate surface area is 103 Å². The second kappa shape index (κ2) is 4.57. The number of sulfone groups is 1. The van der Waals surface area contributed by atoms with Gasteiger partial charge in [-0.1, -0.05) is 12.8 Å². The predicted molar refractivity (Wildman–Crippen MR) is 65.4 cm³/mol. The zero-order chi connectivity index (χ0) is 13.3. The van der Waals surface area contributed by atoms with Gasteiger partial charge in [-0.05, 0) is 26.7 Å². The second-order valence-electron chi connectivity index (χ2n) is 5.38.